The van der Waals surface area contributed by atoms with E-state index in [1.165, 1.54) is 0 Å². The molecule has 7 nitrogen and oxygen atoms in total. The summed E-state index contributed by atoms with van der Waals surface area (Å²) >= 11 is 1.64. The van der Waals surface area contributed by atoms with E-state index in [1.54, 1.807) is 23.7 Å². The van der Waals surface area contributed by atoms with Crippen molar-refractivity contribution < 1.29 is 9.32 Å². The quantitative estimate of drug-likeness (QED) is 0.676. The minimum Gasteiger partial charge on any atom is -0.341 e. The molecular weight excluding hydrogens is 374 g/mol. The molecule has 5 heterocycles. The summed E-state index contributed by atoms with van der Waals surface area (Å²) in [5.74, 6) is 1.46. The molecule has 2 aliphatic rings. The zero-order valence-corrected chi connectivity index (χ0v) is 16.4. The number of likely N-dealkylation sites (tertiary alicyclic amines) is 2. The molecule has 5 rings (SSSR count). The predicted molar refractivity (Wildman–Crippen MR) is 105 cm³/mol. The molecule has 2 aliphatic heterocycles. The van der Waals surface area contributed by atoms with Crippen molar-refractivity contribution in [1.82, 2.24) is 24.9 Å². The van der Waals surface area contributed by atoms with Crippen molar-refractivity contribution in [2.75, 3.05) is 26.7 Å². The van der Waals surface area contributed by atoms with Crippen molar-refractivity contribution >= 4 is 17.2 Å². The van der Waals surface area contributed by atoms with E-state index in [9.17, 15) is 4.79 Å². The van der Waals surface area contributed by atoms with Gasteiger partial charge in [0.05, 0.1) is 12.5 Å². The van der Waals surface area contributed by atoms with Crippen molar-refractivity contribution in [2.45, 2.75) is 18.9 Å². The SMILES string of the molecule is CN1CC2(CC1c1nc(-c3ccncc3)no1)CN(C(=O)Cc1cccs1)C2. The number of hydrogen-bond donors (Lipinski definition) is 0. The fourth-order valence-corrected chi connectivity index (χ4v) is 5.07. The number of pyridine rings is 1. The average molecular weight is 395 g/mol. The lowest BCUT2D eigenvalue weighted by molar-refractivity contribution is -0.141. The summed E-state index contributed by atoms with van der Waals surface area (Å²) in [6.45, 7) is 2.56. The van der Waals surface area contributed by atoms with Crippen LogP contribution in [0.25, 0.3) is 11.4 Å². The summed E-state index contributed by atoms with van der Waals surface area (Å²) in [5, 5.41) is 6.15. The molecule has 8 heteroatoms. The van der Waals surface area contributed by atoms with Crippen LogP contribution in [0.3, 0.4) is 0 Å². The van der Waals surface area contributed by atoms with Crippen molar-refractivity contribution in [3.63, 3.8) is 0 Å². The molecule has 0 aliphatic carbocycles. The fraction of sp³-hybridized carbons (Fsp3) is 0.400. The molecule has 28 heavy (non-hydrogen) atoms. The highest BCUT2D eigenvalue weighted by Gasteiger charge is 2.53. The molecule has 2 fully saturated rings. The highest BCUT2D eigenvalue weighted by atomic mass is 32.1. The van der Waals surface area contributed by atoms with E-state index in [-0.39, 0.29) is 17.4 Å². The van der Waals surface area contributed by atoms with Gasteiger partial charge in [-0.2, -0.15) is 4.98 Å². The standard InChI is InChI=1S/C20H21N5O2S/c1-24-11-20(12-25(13-20)17(26)9-15-3-2-8-28-15)10-16(24)19-22-18(23-27-19)14-4-6-21-7-5-14/h2-8,16H,9-13H2,1H3. The third-order valence-corrected chi connectivity index (χ3v) is 6.60. The van der Waals surface area contributed by atoms with Crippen molar-refractivity contribution in [3.8, 4) is 11.4 Å². The summed E-state index contributed by atoms with van der Waals surface area (Å²) < 4.78 is 5.58. The van der Waals surface area contributed by atoms with Crippen LogP contribution in [0.2, 0.25) is 0 Å². The third-order valence-electron chi connectivity index (χ3n) is 5.72. The smallest absolute Gasteiger partial charge is 0.244 e. The summed E-state index contributed by atoms with van der Waals surface area (Å²) in [6, 6.07) is 7.85. The van der Waals surface area contributed by atoms with Crippen molar-refractivity contribution in [1.29, 1.82) is 0 Å². The van der Waals surface area contributed by atoms with Crippen LogP contribution in [-0.4, -0.2) is 57.5 Å². The Labute approximate surface area is 167 Å². The fourth-order valence-electron chi connectivity index (χ4n) is 4.38. The second-order valence-electron chi connectivity index (χ2n) is 7.83. The number of hydrogen-bond acceptors (Lipinski definition) is 7. The molecule has 144 valence electrons. The van der Waals surface area contributed by atoms with E-state index < -0.39 is 0 Å². The zero-order valence-electron chi connectivity index (χ0n) is 15.6. The Balaban J connectivity index is 1.24. The molecule has 0 bridgehead atoms. The zero-order chi connectivity index (χ0) is 19.1. The maximum absolute atomic E-state index is 12.5. The minimum atomic E-state index is 0.0950. The first-order chi connectivity index (χ1) is 13.6. The average Bonchev–Trinajstić information content (AvgIpc) is 3.40. The Bertz CT molecular complexity index is 966. The number of aromatic nitrogens is 3. The van der Waals surface area contributed by atoms with Crippen LogP contribution in [0.1, 0.15) is 23.2 Å². The number of nitrogens with zero attached hydrogens (tertiary/aromatic N) is 5. The van der Waals surface area contributed by atoms with Gasteiger partial charge < -0.3 is 9.42 Å². The molecule has 1 unspecified atom stereocenters. The summed E-state index contributed by atoms with van der Waals surface area (Å²) in [7, 11) is 2.09. The van der Waals surface area contributed by atoms with Gasteiger partial charge in [-0.3, -0.25) is 14.7 Å². The minimum absolute atomic E-state index is 0.0950. The van der Waals surface area contributed by atoms with Crippen LogP contribution in [0.15, 0.2) is 46.6 Å². The van der Waals surface area contributed by atoms with Crippen LogP contribution in [0, 0.1) is 5.41 Å². The largest absolute Gasteiger partial charge is 0.341 e. The number of carbonyl (C=O) groups is 1. The Hall–Kier alpha value is -2.58. The van der Waals surface area contributed by atoms with Crippen LogP contribution in [0.5, 0.6) is 0 Å². The number of amides is 1. The van der Waals surface area contributed by atoms with Crippen molar-refractivity contribution in [3.05, 3.63) is 52.8 Å². The van der Waals surface area contributed by atoms with Gasteiger partial charge in [-0.1, -0.05) is 11.2 Å². The molecular formula is C20H21N5O2S. The number of rotatable bonds is 4. The van der Waals surface area contributed by atoms with Gasteiger partial charge in [-0.05, 0) is 37.0 Å². The molecule has 0 aromatic carbocycles. The summed E-state index contributed by atoms with van der Waals surface area (Å²) in [4.78, 5) is 26.5. The lowest BCUT2D eigenvalue weighted by Crippen LogP contribution is -2.59. The van der Waals surface area contributed by atoms with E-state index >= 15 is 0 Å². The number of carbonyl (C=O) groups excluding carboxylic acids is 1. The Morgan fingerprint density at radius 1 is 1.29 bits per heavy atom. The van der Waals surface area contributed by atoms with Crippen LogP contribution < -0.4 is 0 Å². The molecule has 0 N–H and O–H groups in total. The second-order valence-corrected chi connectivity index (χ2v) is 8.87. The van der Waals surface area contributed by atoms with Crippen LogP contribution >= 0.6 is 11.3 Å². The molecule has 0 radical (unpaired) electrons. The van der Waals surface area contributed by atoms with E-state index in [1.807, 2.05) is 34.5 Å². The predicted octanol–water partition coefficient (Wildman–Crippen LogP) is 2.64. The Morgan fingerprint density at radius 2 is 2.11 bits per heavy atom. The van der Waals surface area contributed by atoms with Gasteiger partial charge >= 0.3 is 0 Å². The molecule has 1 atom stereocenters. The first kappa shape index (κ1) is 17.5. The normalized spacial score (nSPS) is 21.2. The summed E-state index contributed by atoms with van der Waals surface area (Å²) in [6.07, 6.45) is 4.88. The highest BCUT2D eigenvalue weighted by Crippen LogP contribution is 2.47. The molecule has 0 saturated carbocycles. The first-order valence-electron chi connectivity index (χ1n) is 9.36. The van der Waals surface area contributed by atoms with Gasteiger partial charge in [0.25, 0.3) is 0 Å². The lowest BCUT2D eigenvalue weighted by Gasteiger charge is -2.48. The maximum Gasteiger partial charge on any atom is 0.244 e. The topological polar surface area (TPSA) is 75.4 Å². The molecule has 3 aromatic rings. The molecule has 1 spiro atoms. The highest BCUT2D eigenvalue weighted by molar-refractivity contribution is 7.10. The van der Waals surface area contributed by atoms with Gasteiger partial charge in [0.15, 0.2) is 0 Å². The molecule has 2 saturated heterocycles. The van der Waals surface area contributed by atoms with E-state index in [0.717, 1.165) is 36.5 Å². The van der Waals surface area contributed by atoms with Crippen LogP contribution in [0.4, 0.5) is 0 Å². The van der Waals surface area contributed by atoms with Gasteiger partial charge in [0.1, 0.15) is 0 Å². The molecule has 3 aromatic heterocycles. The van der Waals surface area contributed by atoms with Crippen LogP contribution in [-0.2, 0) is 11.2 Å². The van der Waals surface area contributed by atoms with Crippen molar-refractivity contribution in [2.24, 2.45) is 5.41 Å². The van der Waals surface area contributed by atoms with Gasteiger partial charge in [0.2, 0.25) is 17.6 Å². The lowest BCUT2D eigenvalue weighted by atomic mass is 9.77. The Kier molecular flexibility index (Phi) is 4.25. The molecule has 1 amide bonds. The summed E-state index contributed by atoms with van der Waals surface area (Å²) in [5.41, 5.74) is 1.03. The van der Waals surface area contributed by atoms with Gasteiger partial charge in [-0.25, -0.2) is 0 Å². The van der Waals surface area contributed by atoms with Gasteiger partial charge in [-0.15, -0.1) is 11.3 Å². The van der Waals surface area contributed by atoms with E-state index in [2.05, 4.69) is 27.1 Å². The first-order valence-corrected chi connectivity index (χ1v) is 10.2. The van der Waals surface area contributed by atoms with E-state index in [4.69, 9.17) is 4.52 Å². The number of thiophene rings is 1. The second kappa shape index (κ2) is 6.79. The maximum atomic E-state index is 12.5. The van der Waals surface area contributed by atoms with E-state index in [0.29, 0.717) is 18.1 Å². The Morgan fingerprint density at radius 3 is 2.86 bits per heavy atom. The third kappa shape index (κ3) is 3.12. The monoisotopic (exact) mass is 395 g/mol. The van der Waals surface area contributed by atoms with Gasteiger partial charge in [0, 0.05) is 47.9 Å².